The molecule has 6 nitrogen and oxygen atoms in total. The number of fused-ring (bicyclic) bond motifs is 1. The fourth-order valence-corrected chi connectivity index (χ4v) is 3.76. The van der Waals surface area contributed by atoms with Gasteiger partial charge in [0.1, 0.15) is 5.82 Å². The second-order valence-corrected chi connectivity index (χ2v) is 7.12. The SMILES string of the molecule is O=C(NCc1nnc2n1CCC2)c1ccc(CSc2ccccn2)cc1. The van der Waals surface area contributed by atoms with Crippen LogP contribution in [-0.4, -0.2) is 25.7 Å². The number of hydrogen-bond acceptors (Lipinski definition) is 5. The Kier molecular flexibility index (Phi) is 4.97. The Morgan fingerprint density at radius 2 is 2.04 bits per heavy atom. The van der Waals surface area contributed by atoms with Gasteiger partial charge in [0.2, 0.25) is 0 Å². The van der Waals surface area contributed by atoms with Gasteiger partial charge < -0.3 is 9.88 Å². The van der Waals surface area contributed by atoms with E-state index in [1.807, 2.05) is 42.5 Å². The highest BCUT2D eigenvalue weighted by Gasteiger charge is 2.17. The third-order valence-corrected chi connectivity index (χ3v) is 5.35. The zero-order chi connectivity index (χ0) is 17.8. The van der Waals surface area contributed by atoms with E-state index in [-0.39, 0.29) is 5.91 Å². The Labute approximate surface area is 156 Å². The minimum Gasteiger partial charge on any atom is -0.345 e. The Hall–Kier alpha value is -2.67. The van der Waals surface area contributed by atoms with Crippen LogP contribution in [0.3, 0.4) is 0 Å². The van der Waals surface area contributed by atoms with Gasteiger partial charge in [-0.15, -0.1) is 22.0 Å². The van der Waals surface area contributed by atoms with Gasteiger partial charge in [0.15, 0.2) is 5.82 Å². The molecular weight excluding hydrogens is 346 g/mol. The number of carbonyl (C=O) groups is 1. The van der Waals surface area contributed by atoms with Gasteiger partial charge in [-0.3, -0.25) is 4.79 Å². The molecule has 1 aromatic carbocycles. The number of nitrogens with one attached hydrogen (secondary N) is 1. The zero-order valence-electron chi connectivity index (χ0n) is 14.3. The number of benzene rings is 1. The van der Waals surface area contributed by atoms with E-state index in [0.29, 0.717) is 12.1 Å². The number of aryl methyl sites for hydroxylation is 1. The predicted molar refractivity (Wildman–Crippen MR) is 99.8 cm³/mol. The van der Waals surface area contributed by atoms with Crippen molar-refractivity contribution in [3.05, 3.63) is 71.4 Å². The molecule has 0 atom stereocenters. The molecule has 1 N–H and O–H groups in total. The van der Waals surface area contributed by atoms with Gasteiger partial charge in [-0.05, 0) is 36.2 Å². The van der Waals surface area contributed by atoms with Crippen LogP contribution in [0.25, 0.3) is 0 Å². The molecule has 7 heteroatoms. The summed E-state index contributed by atoms with van der Waals surface area (Å²) in [7, 11) is 0. The van der Waals surface area contributed by atoms with Crippen LogP contribution in [0.5, 0.6) is 0 Å². The van der Waals surface area contributed by atoms with Crippen molar-refractivity contribution in [2.24, 2.45) is 0 Å². The molecule has 0 saturated heterocycles. The molecule has 2 aromatic heterocycles. The van der Waals surface area contributed by atoms with Gasteiger partial charge >= 0.3 is 0 Å². The van der Waals surface area contributed by atoms with Gasteiger partial charge in [-0.2, -0.15) is 0 Å². The highest BCUT2D eigenvalue weighted by atomic mass is 32.2. The van der Waals surface area contributed by atoms with Gasteiger partial charge in [-0.25, -0.2) is 4.98 Å². The summed E-state index contributed by atoms with van der Waals surface area (Å²) in [6.07, 6.45) is 3.86. The molecule has 1 amide bonds. The summed E-state index contributed by atoms with van der Waals surface area (Å²) in [6, 6.07) is 13.6. The monoisotopic (exact) mass is 365 g/mol. The Morgan fingerprint density at radius 1 is 1.15 bits per heavy atom. The number of nitrogens with zero attached hydrogens (tertiary/aromatic N) is 4. The molecule has 1 aliphatic heterocycles. The van der Waals surface area contributed by atoms with Crippen molar-refractivity contribution in [2.75, 3.05) is 0 Å². The third kappa shape index (κ3) is 3.77. The number of aromatic nitrogens is 4. The lowest BCUT2D eigenvalue weighted by Gasteiger charge is -2.07. The molecule has 3 heterocycles. The smallest absolute Gasteiger partial charge is 0.251 e. The summed E-state index contributed by atoms with van der Waals surface area (Å²) >= 11 is 1.68. The lowest BCUT2D eigenvalue weighted by molar-refractivity contribution is 0.0949. The van der Waals surface area contributed by atoms with Crippen molar-refractivity contribution < 1.29 is 4.79 Å². The minimum atomic E-state index is -0.0933. The molecule has 0 saturated carbocycles. The van der Waals surface area contributed by atoms with Crippen molar-refractivity contribution in [2.45, 2.75) is 36.7 Å². The number of rotatable bonds is 6. The third-order valence-electron chi connectivity index (χ3n) is 4.33. The van der Waals surface area contributed by atoms with Crippen LogP contribution in [0.1, 0.15) is 34.0 Å². The lowest BCUT2D eigenvalue weighted by atomic mass is 10.1. The van der Waals surface area contributed by atoms with E-state index in [1.165, 1.54) is 0 Å². The summed E-state index contributed by atoms with van der Waals surface area (Å²) in [5.74, 6) is 2.58. The van der Waals surface area contributed by atoms with E-state index in [2.05, 4.69) is 25.1 Å². The number of pyridine rings is 1. The molecule has 0 fully saturated rings. The molecule has 132 valence electrons. The first kappa shape index (κ1) is 16.8. The maximum Gasteiger partial charge on any atom is 0.251 e. The fraction of sp³-hybridized carbons (Fsp3) is 0.263. The van der Waals surface area contributed by atoms with Crippen LogP contribution in [0.15, 0.2) is 53.7 Å². The van der Waals surface area contributed by atoms with E-state index < -0.39 is 0 Å². The van der Waals surface area contributed by atoms with Crippen LogP contribution in [0.4, 0.5) is 0 Å². The number of thioether (sulfide) groups is 1. The van der Waals surface area contributed by atoms with E-state index in [0.717, 1.165) is 47.4 Å². The molecule has 4 rings (SSSR count). The topological polar surface area (TPSA) is 72.7 Å². The van der Waals surface area contributed by atoms with Gasteiger partial charge in [0, 0.05) is 30.5 Å². The molecular formula is C19H19N5OS. The predicted octanol–water partition coefficient (Wildman–Crippen LogP) is 2.84. The highest BCUT2D eigenvalue weighted by molar-refractivity contribution is 7.98. The van der Waals surface area contributed by atoms with Crippen molar-refractivity contribution in [3.63, 3.8) is 0 Å². The van der Waals surface area contributed by atoms with E-state index in [9.17, 15) is 4.79 Å². The average Bonchev–Trinajstić information content (AvgIpc) is 3.30. The molecule has 0 spiro atoms. The molecule has 0 bridgehead atoms. The Bertz CT molecular complexity index is 892. The van der Waals surface area contributed by atoms with Gasteiger partial charge in [0.05, 0.1) is 11.6 Å². The standard InChI is InChI=1S/C19H19N5OS/c25-19(21-12-17-23-22-16-4-3-11-24(16)17)15-8-6-14(7-9-15)13-26-18-5-1-2-10-20-18/h1-2,5-10H,3-4,11-13H2,(H,21,25). The maximum atomic E-state index is 12.3. The van der Waals surface area contributed by atoms with E-state index >= 15 is 0 Å². The minimum absolute atomic E-state index is 0.0933. The molecule has 26 heavy (non-hydrogen) atoms. The van der Waals surface area contributed by atoms with Crippen molar-refractivity contribution in [1.29, 1.82) is 0 Å². The van der Waals surface area contributed by atoms with Crippen molar-refractivity contribution in [1.82, 2.24) is 25.1 Å². The Balaban J connectivity index is 1.32. The van der Waals surface area contributed by atoms with Crippen LogP contribution in [-0.2, 0) is 25.3 Å². The zero-order valence-corrected chi connectivity index (χ0v) is 15.1. The first-order chi connectivity index (χ1) is 12.8. The number of amides is 1. The van der Waals surface area contributed by atoms with Crippen LogP contribution < -0.4 is 5.32 Å². The summed E-state index contributed by atoms with van der Waals surface area (Å²) in [5.41, 5.74) is 1.81. The highest BCUT2D eigenvalue weighted by Crippen LogP contribution is 2.20. The normalized spacial score (nSPS) is 12.8. The van der Waals surface area contributed by atoms with Crippen LogP contribution in [0, 0.1) is 0 Å². The Morgan fingerprint density at radius 3 is 2.85 bits per heavy atom. The molecule has 0 aliphatic carbocycles. The lowest BCUT2D eigenvalue weighted by Crippen LogP contribution is -2.24. The second-order valence-electron chi connectivity index (χ2n) is 6.12. The summed E-state index contributed by atoms with van der Waals surface area (Å²) in [5, 5.41) is 12.2. The van der Waals surface area contributed by atoms with Crippen LogP contribution in [0.2, 0.25) is 0 Å². The van der Waals surface area contributed by atoms with E-state index in [4.69, 9.17) is 0 Å². The van der Waals surface area contributed by atoms with Crippen LogP contribution >= 0.6 is 11.8 Å². The van der Waals surface area contributed by atoms with E-state index in [1.54, 1.807) is 18.0 Å². The number of carbonyl (C=O) groups excluding carboxylic acids is 1. The first-order valence-electron chi connectivity index (χ1n) is 8.61. The number of hydrogen-bond donors (Lipinski definition) is 1. The van der Waals surface area contributed by atoms with Gasteiger partial charge in [0.25, 0.3) is 5.91 Å². The van der Waals surface area contributed by atoms with Crippen molar-refractivity contribution in [3.8, 4) is 0 Å². The average molecular weight is 365 g/mol. The second kappa shape index (κ2) is 7.70. The fourth-order valence-electron chi connectivity index (χ4n) is 2.95. The quantitative estimate of drug-likeness (QED) is 0.680. The summed E-state index contributed by atoms with van der Waals surface area (Å²) < 4.78 is 2.10. The molecule has 0 unspecified atom stereocenters. The summed E-state index contributed by atoms with van der Waals surface area (Å²) in [4.78, 5) is 16.6. The largest absolute Gasteiger partial charge is 0.345 e. The molecule has 0 radical (unpaired) electrons. The van der Waals surface area contributed by atoms with Gasteiger partial charge in [-0.1, -0.05) is 18.2 Å². The summed E-state index contributed by atoms with van der Waals surface area (Å²) in [6.45, 7) is 1.35. The molecule has 1 aliphatic rings. The molecule has 3 aromatic rings. The first-order valence-corrected chi connectivity index (χ1v) is 9.60. The van der Waals surface area contributed by atoms with Crippen molar-refractivity contribution >= 4 is 17.7 Å². The maximum absolute atomic E-state index is 12.3.